The number of benzene rings is 1. The van der Waals surface area contributed by atoms with Crippen molar-refractivity contribution < 1.29 is 12.8 Å². The molecule has 3 aromatic rings. The normalized spacial score (nSPS) is 22.8. The van der Waals surface area contributed by atoms with Crippen LogP contribution in [-0.4, -0.2) is 40.8 Å². The van der Waals surface area contributed by atoms with Gasteiger partial charge in [-0.15, -0.1) is 0 Å². The third kappa shape index (κ3) is 2.61. The predicted octanol–water partition coefficient (Wildman–Crippen LogP) is 1.89. The summed E-state index contributed by atoms with van der Waals surface area (Å²) < 4.78 is 33.2. The molecule has 1 aliphatic carbocycles. The molecule has 146 valence electrons. The lowest BCUT2D eigenvalue weighted by Gasteiger charge is -2.39. The number of oxazole rings is 1. The summed E-state index contributed by atoms with van der Waals surface area (Å²) >= 11 is 0. The zero-order chi connectivity index (χ0) is 19.5. The molecular formula is C19H20N4O4S. The van der Waals surface area contributed by atoms with Gasteiger partial charge in [-0.25, -0.2) is 23.2 Å². The molecule has 2 aromatic heterocycles. The molecule has 1 fully saturated rings. The van der Waals surface area contributed by atoms with E-state index < -0.39 is 15.8 Å². The topological polar surface area (TPSA) is 109 Å². The van der Waals surface area contributed by atoms with Crippen LogP contribution in [0.15, 0.2) is 38.5 Å². The van der Waals surface area contributed by atoms with Crippen molar-refractivity contribution in [2.45, 2.75) is 42.9 Å². The molecule has 1 unspecified atom stereocenters. The van der Waals surface area contributed by atoms with E-state index in [4.69, 9.17) is 4.42 Å². The number of H-pyrrole nitrogens is 1. The van der Waals surface area contributed by atoms with E-state index in [1.165, 1.54) is 18.2 Å². The van der Waals surface area contributed by atoms with Gasteiger partial charge in [-0.2, -0.15) is 4.31 Å². The average Bonchev–Trinajstić information content (AvgIpc) is 3.21. The van der Waals surface area contributed by atoms with Crippen LogP contribution in [0.25, 0.3) is 11.1 Å². The van der Waals surface area contributed by atoms with Gasteiger partial charge in [0, 0.05) is 24.7 Å². The van der Waals surface area contributed by atoms with E-state index in [0.29, 0.717) is 24.2 Å². The smallest absolute Gasteiger partial charge is 0.408 e. The molecule has 0 amide bonds. The Morgan fingerprint density at radius 2 is 2.14 bits per heavy atom. The number of sulfonamides is 1. The monoisotopic (exact) mass is 400 g/mol. The molecule has 0 bridgehead atoms. The molecule has 1 spiro atoms. The summed E-state index contributed by atoms with van der Waals surface area (Å²) in [6.45, 7) is 2.76. The van der Waals surface area contributed by atoms with Crippen LogP contribution < -0.4 is 5.76 Å². The molecule has 9 heteroatoms. The zero-order valence-electron chi connectivity index (χ0n) is 15.4. The first kappa shape index (κ1) is 17.6. The van der Waals surface area contributed by atoms with Crippen LogP contribution in [0.1, 0.15) is 36.3 Å². The molecule has 0 radical (unpaired) electrons. The number of hydrogen-bond acceptors (Lipinski definition) is 6. The number of nitrogens with one attached hydrogen (secondary N) is 1. The largest absolute Gasteiger partial charge is 0.417 e. The van der Waals surface area contributed by atoms with Crippen molar-refractivity contribution in [2.24, 2.45) is 0 Å². The Labute approximate surface area is 161 Å². The molecule has 1 aliphatic heterocycles. The molecule has 1 saturated heterocycles. The van der Waals surface area contributed by atoms with Crippen molar-refractivity contribution in [1.29, 1.82) is 0 Å². The van der Waals surface area contributed by atoms with E-state index in [9.17, 15) is 13.2 Å². The molecule has 1 aromatic carbocycles. The van der Waals surface area contributed by atoms with Crippen LogP contribution in [0.4, 0.5) is 0 Å². The van der Waals surface area contributed by atoms with Gasteiger partial charge in [-0.3, -0.25) is 4.98 Å². The van der Waals surface area contributed by atoms with Crippen molar-refractivity contribution >= 4 is 21.1 Å². The highest BCUT2D eigenvalue weighted by molar-refractivity contribution is 7.89. The Balaban J connectivity index is 1.52. The van der Waals surface area contributed by atoms with Gasteiger partial charge in [-0.1, -0.05) is 0 Å². The van der Waals surface area contributed by atoms with Crippen LogP contribution in [0, 0.1) is 6.92 Å². The minimum absolute atomic E-state index is 0.159. The summed E-state index contributed by atoms with van der Waals surface area (Å²) in [4.78, 5) is 23.0. The number of aromatic nitrogens is 3. The zero-order valence-corrected chi connectivity index (χ0v) is 16.3. The predicted molar refractivity (Wildman–Crippen MR) is 102 cm³/mol. The number of piperidine rings is 1. The summed E-state index contributed by atoms with van der Waals surface area (Å²) in [6, 6.07) is 4.47. The summed E-state index contributed by atoms with van der Waals surface area (Å²) in [5, 5.41) is 0. The van der Waals surface area contributed by atoms with Crippen molar-refractivity contribution in [1.82, 2.24) is 19.3 Å². The fourth-order valence-electron chi connectivity index (χ4n) is 4.56. The molecular weight excluding hydrogens is 380 g/mol. The highest BCUT2D eigenvalue weighted by atomic mass is 32.2. The number of aryl methyl sites for hydroxylation is 2. The first-order valence-corrected chi connectivity index (χ1v) is 10.8. The van der Waals surface area contributed by atoms with Crippen LogP contribution in [0.3, 0.4) is 0 Å². The first-order chi connectivity index (χ1) is 13.4. The first-order valence-electron chi connectivity index (χ1n) is 9.33. The fourth-order valence-corrected chi connectivity index (χ4v) is 6.15. The van der Waals surface area contributed by atoms with E-state index in [2.05, 4.69) is 15.0 Å². The van der Waals surface area contributed by atoms with Gasteiger partial charge in [0.15, 0.2) is 5.58 Å². The van der Waals surface area contributed by atoms with Gasteiger partial charge in [0.05, 0.1) is 16.1 Å². The van der Waals surface area contributed by atoms with Gasteiger partial charge in [-0.05, 0) is 56.4 Å². The number of aromatic amines is 1. The van der Waals surface area contributed by atoms with Gasteiger partial charge >= 0.3 is 5.76 Å². The maximum absolute atomic E-state index is 13.3. The maximum Gasteiger partial charge on any atom is 0.417 e. The molecule has 3 heterocycles. The summed E-state index contributed by atoms with van der Waals surface area (Å²) in [5.41, 5.74) is 2.61. The second-order valence-corrected chi connectivity index (χ2v) is 9.62. The Morgan fingerprint density at radius 3 is 3.00 bits per heavy atom. The highest BCUT2D eigenvalue weighted by Crippen LogP contribution is 2.44. The van der Waals surface area contributed by atoms with Crippen LogP contribution in [0.2, 0.25) is 0 Å². The Morgan fingerprint density at radius 1 is 1.29 bits per heavy atom. The molecule has 2 aliphatic rings. The van der Waals surface area contributed by atoms with E-state index in [-0.39, 0.29) is 10.3 Å². The third-order valence-corrected chi connectivity index (χ3v) is 7.77. The standard InChI is InChI=1S/C19H20N4O4S/c1-12-20-10-13-5-7-19(17(13)21-12)6-2-8-23(11-19)28(25,26)14-3-4-16-15(9-14)22-18(24)27-16/h3-4,9-10H,2,5-8,11H2,1H3,(H,22,24). The number of fused-ring (bicyclic) bond motifs is 3. The second-order valence-electron chi connectivity index (χ2n) is 7.69. The minimum atomic E-state index is -3.69. The lowest BCUT2D eigenvalue weighted by atomic mass is 9.78. The number of rotatable bonds is 2. The van der Waals surface area contributed by atoms with Crippen molar-refractivity contribution in [3.8, 4) is 0 Å². The molecule has 8 nitrogen and oxygen atoms in total. The SMILES string of the molecule is Cc1ncc2c(n1)C1(CCCN(S(=O)(=O)c3ccc4oc(=O)[nH]c4c3)C1)CC2. The lowest BCUT2D eigenvalue weighted by Crippen LogP contribution is -2.47. The molecule has 1 N–H and O–H groups in total. The van der Waals surface area contributed by atoms with Gasteiger partial charge in [0.25, 0.3) is 0 Å². The van der Waals surface area contributed by atoms with Crippen LogP contribution in [-0.2, 0) is 21.9 Å². The lowest BCUT2D eigenvalue weighted by molar-refractivity contribution is 0.219. The summed E-state index contributed by atoms with van der Waals surface area (Å²) in [5.74, 6) is 0.119. The van der Waals surface area contributed by atoms with E-state index >= 15 is 0 Å². The number of hydrogen-bond donors (Lipinski definition) is 1. The molecule has 1 atom stereocenters. The number of nitrogens with zero attached hydrogens (tertiary/aromatic N) is 3. The minimum Gasteiger partial charge on any atom is -0.408 e. The van der Waals surface area contributed by atoms with E-state index in [1.54, 1.807) is 4.31 Å². The average molecular weight is 400 g/mol. The van der Waals surface area contributed by atoms with E-state index in [0.717, 1.165) is 42.8 Å². The fraction of sp³-hybridized carbons (Fsp3) is 0.421. The van der Waals surface area contributed by atoms with Gasteiger partial charge in [0.1, 0.15) is 5.82 Å². The van der Waals surface area contributed by atoms with Crippen LogP contribution >= 0.6 is 0 Å². The van der Waals surface area contributed by atoms with Crippen molar-refractivity contribution in [3.63, 3.8) is 0 Å². The highest BCUT2D eigenvalue weighted by Gasteiger charge is 2.46. The van der Waals surface area contributed by atoms with E-state index in [1.807, 2.05) is 13.1 Å². The van der Waals surface area contributed by atoms with Crippen molar-refractivity contribution in [3.05, 3.63) is 52.0 Å². The van der Waals surface area contributed by atoms with Gasteiger partial charge < -0.3 is 4.42 Å². The Kier molecular flexibility index (Phi) is 3.76. The Bertz CT molecular complexity index is 1240. The molecule has 0 saturated carbocycles. The maximum atomic E-state index is 13.3. The summed E-state index contributed by atoms with van der Waals surface area (Å²) in [7, 11) is -3.69. The van der Waals surface area contributed by atoms with Gasteiger partial charge in [0.2, 0.25) is 10.0 Å². The Hall–Kier alpha value is -2.52. The summed E-state index contributed by atoms with van der Waals surface area (Å²) in [6.07, 6.45) is 5.36. The molecule has 5 rings (SSSR count). The second kappa shape index (κ2) is 5.99. The van der Waals surface area contributed by atoms with Crippen molar-refractivity contribution in [2.75, 3.05) is 13.1 Å². The quantitative estimate of drug-likeness (QED) is 0.704. The van der Waals surface area contributed by atoms with Crippen LogP contribution in [0.5, 0.6) is 0 Å². The molecule has 28 heavy (non-hydrogen) atoms. The third-order valence-electron chi connectivity index (χ3n) is 5.93.